The molecule has 0 amide bonds. The number of aromatic nitrogens is 2. The molecule has 8 aromatic rings. The second kappa shape index (κ2) is 22.5. The predicted molar refractivity (Wildman–Crippen MR) is 285 cm³/mol. The molecule has 73 heavy (non-hydrogen) atoms. The van der Waals surface area contributed by atoms with Crippen molar-refractivity contribution < 1.29 is 37.6 Å². The zero-order chi connectivity index (χ0) is 50.6. The van der Waals surface area contributed by atoms with Gasteiger partial charge in [-0.2, -0.15) is 0 Å². The average molecular weight is 1100 g/mol. The van der Waals surface area contributed by atoms with Crippen LogP contribution in [0.5, 0.6) is 23.0 Å². The largest absolute Gasteiger partial charge is 0.489 e. The van der Waals surface area contributed by atoms with Crippen molar-refractivity contribution in [3.63, 3.8) is 0 Å². The lowest BCUT2D eigenvalue weighted by atomic mass is 10.0. The molecule has 3 aliphatic rings. The van der Waals surface area contributed by atoms with Crippen molar-refractivity contribution in [3.8, 4) is 45.5 Å². The lowest BCUT2D eigenvalue weighted by molar-refractivity contribution is -0.121. The van der Waals surface area contributed by atoms with Crippen LogP contribution in [0, 0.1) is 0 Å². The molecule has 2 heterocycles. The third-order valence-corrected chi connectivity index (χ3v) is 14.8. The first-order chi connectivity index (χ1) is 35.6. The smallest absolute Gasteiger partial charge is 0.298 e. The quantitative estimate of drug-likeness (QED) is 0.0606. The van der Waals surface area contributed by atoms with E-state index in [4.69, 9.17) is 97.6 Å². The summed E-state index contributed by atoms with van der Waals surface area (Å²) in [6.07, 6.45) is 9.08. The highest BCUT2D eigenvalue weighted by Crippen LogP contribution is 2.57. The summed E-state index contributed by atoms with van der Waals surface area (Å²) in [6.45, 7) is 1.34. The summed E-state index contributed by atoms with van der Waals surface area (Å²) >= 11 is 39.0. The molecule has 3 fully saturated rings. The summed E-state index contributed by atoms with van der Waals surface area (Å²) in [6, 6.07) is 36.8. The fourth-order valence-electron chi connectivity index (χ4n) is 8.69. The maximum Gasteiger partial charge on any atom is 0.298 e. The zero-order valence-electron chi connectivity index (χ0n) is 38.5. The number of hydrogen-bond acceptors (Lipinski definition) is 10. The monoisotopic (exact) mass is 1090 g/mol. The van der Waals surface area contributed by atoms with Crippen LogP contribution in [0.25, 0.3) is 34.7 Å². The van der Waals surface area contributed by atoms with E-state index in [0.29, 0.717) is 112 Å². The minimum atomic E-state index is 0.243. The van der Waals surface area contributed by atoms with Crippen LogP contribution in [-0.2, 0) is 22.8 Å². The number of carbonyl (C=O) groups is 2. The standard InChI is InChI=1S/C29H22Cl3NO4.C28H20Cl3NO4/c30-24-2-1-3-25(31)27(24)28-23(29(37-33-28)17-4-5-17)14-35-19-10-11-20(26(32)12-19)22-13-21(22)16-6-8-18(9-7-16)36-15-34;29-23-2-1-3-24(30)26(23)27-22(28(36-32-27)19-8-9-19)15-34-21-13-10-18(25(31)14-21)7-4-17-5-11-20(12-6-17)35-16-33/h1-3,6-12,15,17,21-22H,4-5,13-14H2;1-7,10-14,16,19H,8-9,15H2/b;7-4+. The molecule has 10 nitrogen and oxygen atoms in total. The van der Waals surface area contributed by atoms with Gasteiger partial charge in [-0.25, -0.2) is 0 Å². The minimum Gasteiger partial charge on any atom is -0.489 e. The second-order valence-corrected chi connectivity index (χ2v) is 20.2. The number of benzene rings is 6. The number of ether oxygens (including phenoxy) is 4. The Balaban J connectivity index is 0.000000168. The van der Waals surface area contributed by atoms with Gasteiger partial charge in [-0.05, 0) is 145 Å². The predicted octanol–water partition coefficient (Wildman–Crippen LogP) is 17.0. The summed E-state index contributed by atoms with van der Waals surface area (Å²) in [5.41, 5.74) is 8.29. The van der Waals surface area contributed by atoms with E-state index < -0.39 is 0 Å². The molecular weight excluding hydrogens is 1050 g/mol. The van der Waals surface area contributed by atoms with Crippen LogP contribution in [0.2, 0.25) is 30.1 Å². The van der Waals surface area contributed by atoms with Crippen LogP contribution in [0.4, 0.5) is 0 Å². The maximum absolute atomic E-state index is 10.5. The summed E-state index contributed by atoms with van der Waals surface area (Å²) < 4.78 is 33.4. The molecule has 11 rings (SSSR count). The highest BCUT2D eigenvalue weighted by molar-refractivity contribution is 6.40. The zero-order valence-corrected chi connectivity index (χ0v) is 43.1. The van der Waals surface area contributed by atoms with Crippen molar-refractivity contribution in [2.24, 2.45) is 0 Å². The number of hydrogen-bond donors (Lipinski definition) is 0. The molecule has 2 atom stereocenters. The summed E-state index contributed by atoms with van der Waals surface area (Å²) in [4.78, 5) is 20.9. The molecule has 0 spiro atoms. The first-order valence-corrected chi connectivity index (χ1v) is 25.6. The molecule has 0 radical (unpaired) electrons. The van der Waals surface area contributed by atoms with Gasteiger partial charge >= 0.3 is 0 Å². The minimum absolute atomic E-state index is 0.243. The van der Waals surface area contributed by atoms with E-state index in [1.807, 2.05) is 78.9 Å². The summed E-state index contributed by atoms with van der Waals surface area (Å²) in [7, 11) is 0. The first-order valence-electron chi connectivity index (χ1n) is 23.4. The fourth-order valence-corrected chi connectivity index (χ4v) is 10.4. The Morgan fingerprint density at radius 1 is 0.507 bits per heavy atom. The van der Waals surface area contributed by atoms with Gasteiger partial charge in [-0.3, -0.25) is 9.59 Å². The Morgan fingerprint density at radius 3 is 1.44 bits per heavy atom. The molecule has 2 unspecified atom stereocenters. The van der Waals surface area contributed by atoms with Crippen molar-refractivity contribution >= 4 is 94.7 Å². The van der Waals surface area contributed by atoms with Crippen LogP contribution >= 0.6 is 69.6 Å². The van der Waals surface area contributed by atoms with E-state index in [-0.39, 0.29) is 13.2 Å². The molecule has 0 aliphatic heterocycles. The van der Waals surface area contributed by atoms with E-state index >= 15 is 0 Å². The topological polar surface area (TPSA) is 123 Å². The summed E-state index contributed by atoms with van der Waals surface area (Å²) in [5, 5.41) is 11.9. The van der Waals surface area contributed by atoms with Crippen molar-refractivity contribution in [1.29, 1.82) is 0 Å². The van der Waals surface area contributed by atoms with E-state index in [9.17, 15) is 9.59 Å². The van der Waals surface area contributed by atoms with Crippen molar-refractivity contribution in [3.05, 3.63) is 196 Å². The molecule has 3 aliphatic carbocycles. The number of halogens is 6. The van der Waals surface area contributed by atoms with Gasteiger partial charge in [-0.15, -0.1) is 0 Å². The number of nitrogens with zero attached hydrogens (tertiary/aromatic N) is 2. The highest BCUT2D eigenvalue weighted by atomic mass is 35.5. The van der Waals surface area contributed by atoms with Gasteiger partial charge in [0.1, 0.15) is 59.1 Å². The van der Waals surface area contributed by atoms with Crippen LogP contribution < -0.4 is 18.9 Å². The maximum atomic E-state index is 10.5. The van der Waals surface area contributed by atoms with Gasteiger partial charge in [0.05, 0.1) is 36.2 Å². The van der Waals surface area contributed by atoms with Crippen molar-refractivity contribution in [2.75, 3.05) is 0 Å². The van der Waals surface area contributed by atoms with E-state index in [0.717, 1.165) is 71.4 Å². The van der Waals surface area contributed by atoms with Gasteiger partial charge in [0.15, 0.2) is 0 Å². The van der Waals surface area contributed by atoms with E-state index in [2.05, 4.69) is 10.3 Å². The molecule has 370 valence electrons. The van der Waals surface area contributed by atoms with Gasteiger partial charge < -0.3 is 28.0 Å². The normalized spacial score (nSPS) is 15.9. The van der Waals surface area contributed by atoms with Gasteiger partial charge in [0.25, 0.3) is 12.9 Å². The molecule has 0 N–H and O–H groups in total. The summed E-state index contributed by atoms with van der Waals surface area (Å²) in [5.74, 6) is 5.36. The van der Waals surface area contributed by atoms with E-state index in [1.165, 1.54) is 5.56 Å². The first kappa shape index (κ1) is 50.3. The molecule has 6 aromatic carbocycles. The van der Waals surface area contributed by atoms with Crippen LogP contribution in [0.15, 0.2) is 130 Å². The lowest BCUT2D eigenvalue weighted by Gasteiger charge is -2.11. The Labute approximate surface area is 450 Å². The van der Waals surface area contributed by atoms with Crippen LogP contribution in [-0.4, -0.2) is 23.3 Å². The molecule has 0 bridgehead atoms. The fraction of sp³-hybridized carbons (Fsp3) is 0.193. The molecular formula is C57H42Cl6N2O8. The third-order valence-electron chi connectivity index (χ3n) is 12.8. The molecule has 3 saturated carbocycles. The SMILES string of the molecule is O=COc1ccc(/C=C/c2ccc(OCc3c(-c4c(Cl)cccc4Cl)noc3C3CC3)cc2Cl)cc1.O=COc1ccc(C2CC2c2ccc(OCc3c(-c4c(Cl)cccc4Cl)noc3C3CC3)cc2Cl)cc1. The van der Waals surface area contributed by atoms with Gasteiger partial charge in [-0.1, -0.05) is 135 Å². The van der Waals surface area contributed by atoms with Crippen LogP contribution in [0.3, 0.4) is 0 Å². The molecule has 0 saturated heterocycles. The number of carbonyl (C=O) groups excluding carboxylic acids is 2. The highest BCUT2D eigenvalue weighted by Gasteiger charge is 2.41. The van der Waals surface area contributed by atoms with Crippen molar-refractivity contribution in [1.82, 2.24) is 10.3 Å². The molecule has 16 heteroatoms. The van der Waals surface area contributed by atoms with Gasteiger partial charge in [0.2, 0.25) is 0 Å². The number of rotatable bonds is 18. The van der Waals surface area contributed by atoms with E-state index in [1.54, 1.807) is 54.6 Å². The Kier molecular flexibility index (Phi) is 15.5. The Bertz CT molecular complexity index is 3290. The third kappa shape index (κ3) is 11.8. The average Bonchev–Trinajstić information content (AvgIpc) is 4.32. The molecule has 2 aromatic heterocycles. The lowest BCUT2D eigenvalue weighted by Crippen LogP contribution is -2.00. The second-order valence-electron chi connectivity index (χ2n) is 17.8. The Hall–Kier alpha value is -6.24. The van der Waals surface area contributed by atoms with Gasteiger partial charge in [0, 0.05) is 28.0 Å². The Morgan fingerprint density at radius 2 is 0.973 bits per heavy atom. The van der Waals surface area contributed by atoms with Crippen LogP contribution in [0.1, 0.15) is 101 Å². The van der Waals surface area contributed by atoms with Crippen molar-refractivity contribution in [2.45, 2.75) is 69.0 Å².